The largest absolute Gasteiger partial charge is 0.501 e. The first kappa shape index (κ1) is 18.2. The summed E-state index contributed by atoms with van der Waals surface area (Å²) in [6.45, 7) is 3.67. The molecule has 0 unspecified atom stereocenters. The number of fused-ring (bicyclic) bond motifs is 1. The maximum Gasteiger partial charge on any atom is 0.332 e. The van der Waals surface area contributed by atoms with Gasteiger partial charge in [0.15, 0.2) is 5.69 Å². The van der Waals surface area contributed by atoms with Gasteiger partial charge >= 0.3 is 5.69 Å². The van der Waals surface area contributed by atoms with Crippen LogP contribution in [0.25, 0.3) is 0 Å². The Balaban J connectivity index is 2.03. The zero-order valence-electron chi connectivity index (χ0n) is 14.2. The van der Waals surface area contributed by atoms with Crippen LogP contribution in [0.4, 0.5) is 4.39 Å². The predicted molar refractivity (Wildman–Crippen MR) is 93.2 cm³/mol. The first-order valence-electron chi connectivity index (χ1n) is 8.04. The molecule has 3 rings (SSSR count). The van der Waals surface area contributed by atoms with Gasteiger partial charge in [0.1, 0.15) is 5.82 Å². The lowest BCUT2D eigenvalue weighted by Crippen LogP contribution is -2.50. The van der Waals surface area contributed by atoms with Crippen LogP contribution in [0.2, 0.25) is 5.02 Å². The van der Waals surface area contributed by atoms with E-state index in [0.29, 0.717) is 5.56 Å². The molecule has 0 atom stereocenters. The molecule has 0 spiro atoms. The number of amides is 1. The highest BCUT2D eigenvalue weighted by molar-refractivity contribution is 6.31. The highest BCUT2D eigenvalue weighted by Crippen LogP contribution is 2.23. The molecule has 9 heteroatoms. The minimum Gasteiger partial charge on any atom is -0.501 e. The highest BCUT2D eigenvalue weighted by Gasteiger charge is 2.32. The van der Waals surface area contributed by atoms with E-state index in [9.17, 15) is 23.9 Å². The van der Waals surface area contributed by atoms with E-state index in [4.69, 9.17) is 11.6 Å². The number of hydrogen-bond donors (Lipinski definition) is 1. The minimum absolute atomic E-state index is 0.0683. The van der Waals surface area contributed by atoms with Crippen LogP contribution >= 0.6 is 11.6 Å². The Kier molecular flexibility index (Phi) is 4.62. The van der Waals surface area contributed by atoms with Crippen molar-refractivity contribution < 1.29 is 14.3 Å². The molecule has 1 aromatic heterocycles. The molecule has 0 aliphatic carbocycles. The number of aromatic hydroxyl groups is 1. The maximum absolute atomic E-state index is 13.2. The van der Waals surface area contributed by atoms with Gasteiger partial charge in [0.05, 0.1) is 0 Å². The summed E-state index contributed by atoms with van der Waals surface area (Å²) in [5.74, 6) is -1.90. The number of rotatable bonds is 3. The Morgan fingerprint density at radius 2 is 1.92 bits per heavy atom. The Hall–Kier alpha value is -2.61. The average molecular weight is 382 g/mol. The van der Waals surface area contributed by atoms with Crippen LogP contribution in [-0.4, -0.2) is 31.6 Å². The second kappa shape index (κ2) is 6.60. The monoisotopic (exact) mass is 381 g/mol. The number of aromatic nitrogens is 2. The van der Waals surface area contributed by atoms with Gasteiger partial charge in [-0.2, -0.15) is 0 Å². The maximum atomic E-state index is 13.2. The average Bonchev–Trinajstić information content (AvgIpc) is 2.56. The van der Waals surface area contributed by atoms with Gasteiger partial charge in [-0.05, 0) is 31.5 Å². The predicted octanol–water partition coefficient (Wildman–Crippen LogP) is 1.74. The van der Waals surface area contributed by atoms with Gasteiger partial charge in [-0.15, -0.1) is 0 Å². The molecule has 0 saturated heterocycles. The van der Waals surface area contributed by atoms with Crippen LogP contribution in [0, 0.1) is 5.82 Å². The lowest BCUT2D eigenvalue weighted by Gasteiger charge is -2.30. The molecule has 26 heavy (non-hydrogen) atoms. The number of carbonyl (C=O) groups is 1. The van der Waals surface area contributed by atoms with Crippen molar-refractivity contribution in [2.24, 2.45) is 0 Å². The van der Waals surface area contributed by atoms with Crippen molar-refractivity contribution in [3.05, 3.63) is 61.1 Å². The quantitative estimate of drug-likeness (QED) is 0.877. The third-order valence-electron chi connectivity index (χ3n) is 4.33. The summed E-state index contributed by atoms with van der Waals surface area (Å²) in [4.78, 5) is 38.9. The van der Waals surface area contributed by atoms with Crippen molar-refractivity contribution >= 4 is 17.5 Å². The van der Waals surface area contributed by atoms with Crippen molar-refractivity contribution in [2.75, 3.05) is 6.54 Å². The summed E-state index contributed by atoms with van der Waals surface area (Å²) in [6, 6.07) is 3.38. The van der Waals surface area contributed by atoms with E-state index in [1.165, 1.54) is 17.0 Å². The Morgan fingerprint density at radius 3 is 2.54 bits per heavy atom. The summed E-state index contributed by atoms with van der Waals surface area (Å²) in [7, 11) is 0. The van der Waals surface area contributed by atoms with Crippen LogP contribution < -0.4 is 11.2 Å². The number of nitrogens with zero attached hydrogens (tertiary/aromatic N) is 3. The van der Waals surface area contributed by atoms with Crippen molar-refractivity contribution in [1.82, 2.24) is 14.0 Å². The van der Waals surface area contributed by atoms with E-state index >= 15 is 0 Å². The molecule has 1 aliphatic rings. The number of halogens is 2. The number of hydrogen-bond acceptors (Lipinski definition) is 4. The Labute approximate surface area is 152 Å². The van der Waals surface area contributed by atoms with Gasteiger partial charge in [-0.25, -0.2) is 9.18 Å². The van der Waals surface area contributed by atoms with Crippen LogP contribution in [0.15, 0.2) is 27.8 Å². The SMILES string of the molecule is CC(C)n1c(=O)c(O)c2n(c1=O)CCN(Cc1ccc(F)cc1Cl)C2=O. The van der Waals surface area contributed by atoms with E-state index in [1.54, 1.807) is 13.8 Å². The fraction of sp³-hybridized carbons (Fsp3) is 0.353. The fourth-order valence-electron chi connectivity index (χ4n) is 3.01. The van der Waals surface area contributed by atoms with Gasteiger partial charge in [0.2, 0.25) is 5.75 Å². The molecule has 0 radical (unpaired) electrons. The lowest BCUT2D eigenvalue weighted by atomic mass is 10.1. The van der Waals surface area contributed by atoms with E-state index in [0.717, 1.165) is 15.2 Å². The molecule has 0 bridgehead atoms. The van der Waals surface area contributed by atoms with Crippen molar-refractivity contribution in [3.63, 3.8) is 0 Å². The molecule has 138 valence electrons. The zero-order chi connectivity index (χ0) is 19.2. The molecule has 2 heterocycles. The summed E-state index contributed by atoms with van der Waals surface area (Å²) in [5.41, 5.74) is -1.34. The van der Waals surface area contributed by atoms with Crippen LogP contribution in [0.1, 0.15) is 35.9 Å². The Morgan fingerprint density at radius 1 is 1.23 bits per heavy atom. The van der Waals surface area contributed by atoms with Gasteiger partial charge in [0, 0.05) is 30.7 Å². The van der Waals surface area contributed by atoms with Crippen LogP contribution in [-0.2, 0) is 13.1 Å². The molecule has 7 nitrogen and oxygen atoms in total. The molecule has 1 aliphatic heterocycles. The zero-order valence-corrected chi connectivity index (χ0v) is 15.0. The second-order valence-electron chi connectivity index (χ2n) is 6.36. The molecule has 0 fully saturated rings. The third-order valence-corrected chi connectivity index (χ3v) is 4.68. The third kappa shape index (κ3) is 2.90. The second-order valence-corrected chi connectivity index (χ2v) is 6.77. The molecule has 1 amide bonds. The number of benzene rings is 1. The topological polar surface area (TPSA) is 84.5 Å². The van der Waals surface area contributed by atoms with E-state index in [2.05, 4.69) is 0 Å². The van der Waals surface area contributed by atoms with Gasteiger partial charge in [0.25, 0.3) is 11.5 Å². The van der Waals surface area contributed by atoms with E-state index in [1.807, 2.05) is 0 Å². The molecule has 2 aromatic rings. The van der Waals surface area contributed by atoms with Crippen molar-refractivity contribution in [2.45, 2.75) is 33.0 Å². The Bertz CT molecular complexity index is 1010. The van der Waals surface area contributed by atoms with E-state index in [-0.39, 0.29) is 30.4 Å². The first-order chi connectivity index (χ1) is 12.2. The van der Waals surface area contributed by atoms with Crippen LogP contribution in [0.3, 0.4) is 0 Å². The highest BCUT2D eigenvalue weighted by atomic mass is 35.5. The molecular weight excluding hydrogens is 365 g/mol. The lowest BCUT2D eigenvalue weighted by molar-refractivity contribution is 0.0677. The smallest absolute Gasteiger partial charge is 0.332 e. The molecule has 0 saturated carbocycles. The summed E-state index contributed by atoms with van der Waals surface area (Å²) in [5, 5.41) is 10.4. The van der Waals surface area contributed by atoms with Gasteiger partial charge in [-0.1, -0.05) is 17.7 Å². The summed E-state index contributed by atoms with van der Waals surface area (Å²) >= 11 is 6.00. The van der Waals surface area contributed by atoms with Crippen molar-refractivity contribution in [3.8, 4) is 5.75 Å². The van der Waals surface area contributed by atoms with Crippen LogP contribution in [0.5, 0.6) is 5.75 Å². The molecular formula is C17H17ClFN3O4. The summed E-state index contributed by atoms with van der Waals surface area (Å²) < 4.78 is 15.2. The standard InChI is InChI=1S/C17H17ClFN3O4/c1-9(2)22-16(25)14(23)13-15(24)20(5-6-21(13)17(22)26)8-10-3-4-11(19)7-12(10)18/h3-4,7,9,23H,5-6,8H2,1-2H3. The molecule has 1 N–H and O–H groups in total. The molecule has 1 aromatic carbocycles. The van der Waals surface area contributed by atoms with Gasteiger partial charge < -0.3 is 10.0 Å². The van der Waals surface area contributed by atoms with Gasteiger partial charge in [-0.3, -0.25) is 18.7 Å². The minimum atomic E-state index is -0.897. The van der Waals surface area contributed by atoms with Crippen molar-refractivity contribution in [1.29, 1.82) is 0 Å². The van der Waals surface area contributed by atoms with E-state index < -0.39 is 34.8 Å². The number of carbonyl (C=O) groups excluding carboxylic acids is 1. The first-order valence-corrected chi connectivity index (χ1v) is 8.41. The normalized spacial score (nSPS) is 14.0. The fourth-order valence-corrected chi connectivity index (χ4v) is 3.24. The summed E-state index contributed by atoms with van der Waals surface area (Å²) in [6.07, 6.45) is 0.